The molecule has 0 aliphatic rings. The van der Waals surface area contributed by atoms with Gasteiger partial charge in [0.05, 0.1) is 12.7 Å². The molecule has 0 aliphatic carbocycles. The summed E-state index contributed by atoms with van der Waals surface area (Å²) in [5.41, 5.74) is 0. The molecule has 2 amide bonds. The number of hydrogen-bond donors (Lipinski definition) is 3. The van der Waals surface area contributed by atoms with Gasteiger partial charge in [-0.1, -0.05) is 6.07 Å². The summed E-state index contributed by atoms with van der Waals surface area (Å²) in [6, 6.07) is 4.78. The number of carbonyl (C=O) groups excluding carboxylic acids is 1. The summed E-state index contributed by atoms with van der Waals surface area (Å²) in [5.74, 6) is 0.459. The monoisotopic (exact) mass is 225 g/mol. The molecule has 1 rings (SSSR count). The van der Waals surface area contributed by atoms with Crippen LogP contribution in [0.15, 0.2) is 24.4 Å². The molecular formula is C10H15N3O3. The largest absolute Gasteiger partial charge is 0.389 e. The van der Waals surface area contributed by atoms with Crippen LogP contribution in [0.2, 0.25) is 0 Å². The van der Waals surface area contributed by atoms with Gasteiger partial charge in [0.25, 0.3) is 0 Å². The highest BCUT2D eigenvalue weighted by Gasteiger charge is 2.06. The van der Waals surface area contributed by atoms with E-state index in [-0.39, 0.29) is 13.2 Å². The molecule has 0 aliphatic heterocycles. The summed E-state index contributed by atoms with van der Waals surface area (Å²) < 4.78 is 4.72. The quantitative estimate of drug-likeness (QED) is 0.669. The number of carbonyl (C=O) groups is 1. The zero-order valence-electron chi connectivity index (χ0n) is 9.01. The molecule has 1 heterocycles. The van der Waals surface area contributed by atoms with Crippen LogP contribution >= 0.6 is 0 Å². The lowest BCUT2D eigenvalue weighted by Crippen LogP contribution is -2.37. The number of anilines is 1. The number of urea groups is 1. The Hall–Kier alpha value is -1.66. The van der Waals surface area contributed by atoms with Gasteiger partial charge in [0.2, 0.25) is 0 Å². The number of methoxy groups -OCH3 is 1. The van der Waals surface area contributed by atoms with Crippen molar-refractivity contribution in [2.75, 3.05) is 25.6 Å². The van der Waals surface area contributed by atoms with Gasteiger partial charge in [0.1, 0.15) is 5.82 Å². The Morgan fingerprint density at radius 3 is 3.06 bits per heavy atom. The van der Waals surface area contributed by atoms with Gasteiger partial charge < -0.3 is 15.2 Å². The zero-order valence-corrected chi connectivity index (χ0v) is 9.01. The molecule has 0 spiro atoms. The predicted octanol–water partition coefficient (Wildman–Crippen LogP) is 0.210. The summed E-state index contributed by atoms with van der Waals surface area (Å²) in [6.07, 6.45) is 0.870. The van der Waals surface area contributed by atoms with Crippen LogP contribution < -0.4 is 10.6 Å². The summed E-state index contributed by atoms with van der Waals surface area (Å²) >= 11 is 0. The maximum atomic E-state index is 11.3. The molecule has 0 radical (unpaired) electrons. The molecule has 16 heavy (non-hydrogen) atoms. The minimum Gasteiger partial charge on any atom is -0.389 e. The zero-order chi connectivity index (χ0) is 11.8. The molecule has 0 saturated heterocycles. The van der Waals surface area contributed by atoms with Crippen molar-refractivity contribution in [3.05, 3.63) is 24.4 Å². The molecule has 3 N–H and O–H groups in total. The lowest BCUT2D eigenvalue weighted by Gasteiger charge is -2.11. The normalized spacial score (nSPS) is 11.9. The van der Waals surface area contributed by atoms with Crippen LogP contribution in [-0.2, 0) is 4.74 Å². The highest BCUT2D eigenvalue weighted by atomic mass is 16.5. The first-order valence-corrected chi connectivity index (χ1v) is 4.85. The van der Waals surface area contributed by atoms with E-state index in [1.165, 1.54) is 7.11 Å². The second-order valence-electron chi connectivity index (χ2n) is 3.16. The Bertz CT molecular complexity index is 318. The van der Waals surface area contributed by atoms with Crippen LogP contribution in [0.5, 0.6) is 0 Å². The third kappa shape index (κ3) is 4.72. The minimum atomic E-state index is -0.709. The van der Waals surface area contributed by atoms with Gasteiger partial charge in [-0.15, -0.1) is 0 Å². The Morgan fingerprint density at radius 2 is 2.44 bits per heavy atom. The van der Waals surface area contributed by atoms with Crippen molar-refractivity contribution in [2.45, 2.75) is 6.10 Å². The van der Waals surface area contributed by atoms with E-state index in [1.54, 1.807) is 24.4 Å². The van der Waals surface area contributed by atoms with Crippen LogP contribution in [0.4, 0.5) is 10.6 Å². The van der Waals surface area contributed by atoms with Crippen molar-refractivity contribution in [3.63, 3.8) is 0 Å². The van der Waals surface area contributed by atoms with E-state index in [4.69, 9.17) is 4.74 Å². The fourth-order valence-corrected chi connectivity index (χ4v) is 1.06. The Balaban J connectivity index is 2.26. The van der Waals surface area contributed by atoms with Gasteiger partial charge in [-0.2, -0.15) is 0 Å². The molecule has 1 aromatic heterocycles. The Labute approximate surface area is 93.6 Å². The van der Waals surface area contributed by atoms with Crippen molar-refractivity contribution >= 4 is 11.8 Å². The van der Waals surface area contributed by atoms with Gasteiger partial charge >= 0.3 is 6.03 Å². The van der Waals surface area contributed by atoms with E-state index >= 15 is 0 Å². The molecule has 0 aromatic carbocycles. The second kappa shape index (κ2) is 6.76. The van der Waals surface area contributed by atoms with Gasteiger partial charge in [0.15, 0.2) is 0 Å². The smallest absolute Gasteiger partial charge is 0.320 e. The Morgan fingerprint density at radius 1 is 1.62 bits per heavy atom. The molecule has 6 nitrogen and oxygen atoms in total. The number of aliphatic hydroxyl groups is 1. The topological polar surface area (TPSA) is 83.5 Å². The highest BCUT2D eigenvalue weighted by Crippen LogP contribution is 1.98. The number of rotatable bonds is 5. The number of pyridine rings is 1. The standard InChI is InChI=1S/C10H15N3O3/c1-16-7-8(14)6-12-10(15)13-9-4-2-3-5-11-9/h2-5,8,14H,6-7H2,1H3,(H2,11,12,13,15)/t8-/m0/s1. The fourth-order valence-electron chi connectivity index (χ4n) is 1.06. The van der Waals surface area contributed by atoms with Gasteiger partial charge in [-0.3, -0.25) is 5.32 Å². The van der Waals surface area contributed by atoms with Crippen LogP contribution in [0.1, 0.15) is 0 Å². The average molecular weight is 225 g/mol. The number of hydrogen-bond acceptors (Lipinski definition) is 4. The van der Waals surface area contributed by atoms with Crippen LogP contribution in [0.25, 0.3) is 0 Å². The molecule has 1 aromatic rings. The molecule has 6 heteroatoms. The van der Waals surface area contributed by atoms with E-state index in [2.05, 4.69) is 15.6 Å². The summed E-state index contributed by atoms with van der Waals surface area (Å²) in [6.45, 7) is 0.316. The van der Waals surface area contributed by atoms with Crippen molar-refractivity contribution in [1.29, 1.82) is 0 Å². The van der Waals surface area contributed by atoms with Crippen molar-refractivity contribution in [2.24, 2.45) is 0 Å². The van der Waals surface area contributed by atoms with Crippen molar-refractivity contribution in [1.82, 2.24) is 10.3 Å². The van der Waals surface area contributed by atoms with Crippen LogP contribution in [0, 0.1) is 0 Å². The lowest BCUT2D eigenvalue weighted by atomic mass is 10.4. The summed E-state index contributed by atoms with van der Waals surface area (Å²) in [5, 5.41) is 14.3. The van der Waals surface area contributed by atoms with Gasteiger partial charge in [0, 0.05) is 19.9 Å². The van der Waals surface area contributed by atoms with Crippen molar-refractivity contribution in [3.8, 4) is 0 Å². The summed E-state index contributed by atoms with van der Waals surface area (Å²) in [7, 11) is 1.48. The minimum absolute atomic E-state index is 0.131. The number of nitrogens with zero attached hydrogens (tertiary/aromatic N) is 1. The lowest BCUT2D eigenvalue weighted by molar-refractivity contribution is 0.0663. The third-order valence-corrected chi connectivity index (χ3v) is 1.76. The first kappa shape index (κ1) is 12.4. The van der Waals surface area contributed by atoms with E-state index < -0.39 is 12.1 Å². The molecule has 88 valence electrons. The number of nitrogens with one attached hydrogen (secondary N) is 2. The highest BCUT2D eigenvalue weighted by molar-refractivity contribution is 5.88. The SMILES string of the molecule is COC[C@@H](O)CNC(=O)Nc1ccccn1. The predicted molar refractivity (Wildman–Crippen MR) is 59.1 cm³/mol. The molecule has 0 fully saturated rings. The van der Waals surface area contributed by atoms with E-state index in [0.717, 1.165) is 0 Å². The summed E-state index contributed by atoms with van der Waals surface area (Å²) in [4.78, 5) is 15.2. The van der Waals surface area contributed by atoms with E-state index in [1.807, 2.05) is 0 Å². The molecule has 1 atom stereocenters. The number of ether oxygens (including phenoxy) is 1. The van der Waals surface area contributed by atoms with E-state index in [0.29, 0.717) is 5.82 Å². The first-order valence-electron chi connectivity index (χ1n) is 4.85. The maximum absolute atomic E-state index is 11.3. The van der Waals surface area contributed by atoms with Gasteiger partial charge in [-0.05, 0) is 12.1 Å². The Kier molecular flexibility index (Phi) is 5.24. The number of aromatic nitrogens is 1. The number of aliphatic hydroxyl groups excluding tert-OH is 1. The molecular weight excluding hydrogens is 210 g/mol. The average Bonchev–Trinajstić information content (AvgIpc) is 2.28. The van der Waals surface area contributed by atoms with E-state index in [9.17, 15) is 9.90 Å². The second-order valence-corrected chi connectivity index (χ2v) is 3.16. The van der Waals surface area contributed by atoms with Gasteiger partial charge in [-0.25, -0.2) is 9.78 Å². The maximum Gasteiger partial charge on any atom is 0.320 e. The molecule has 0 bridgehead atoms. The van der Waals surface area contributed by atoms with Crippen LogP contribution in [0.3, 0.4) is 0 Å². The van der Waals surface area contributed by atoms with Crippen molar-refractivity contribution < 1.29 is 14.6 Å². The molecule has 0 unspecified atom stereocenters. The third-order valence-electron chi connectivity index (χ3n) is 1.76. The molecule has 0 saturated carbocycles. The fraction of sp³-hybridized carbons (Fsp3) is 0.400. The first-order chi connectivity index (χ1) is 7.72. The van der Waals surface area contributed by atoms with Crippen LogP contribution in [-0.4, -0.2) is 42.5 Å². The number of amides is 2.